The summed E-state index contributed by atoms with van der Waals surface area (Å²) in [7, 11) is 3.23. The molecule has 9 nitrogen and oxygen atoms in total. The molecule has 1 saturated heterocycles. The lowest BCUT2D eigenvalue weighted by molar-refractivity contribution is -0.146. The Bertz CT molecular complexity index is 1290. The number of amides is 2. The highest BCUT2D eigenvalue weighted by Crippen LogP contribution is 2.34. The summed E-state index contributed by atoms with van der Waals surface area (Å²) in [5, 5.41) is 0.466. The predicted molar refractivity (Wildman–Crippen MR) is 136 cm³/mol. The Kier molecular flexibility index (Phi) is 6.66. The third-order valence-electron chi connectivity index (χ3n) is 8.34. The number of hydrogen-bond acceptors (Lipinski definition) is 5. The first-order valence-corrected chi connectivity index (χ1v) is 13.1. The topological polar surface area (TPSA) is 93.8 Å². The highest BCUT2D eigenvalue weighted by atomic mass is 16.5. The van der Waals surface area contributed by atoms with Crippen molar-refractivity contribution in [3.8, 4) is 5.75 Å². The van der Waals surface area contributed by atoms with Crippen molar-refractivity contribution in [1.29, 1.82) is 0 Å². The van der Waals surface area contributed by atoms with Gasteiger partial charge in [-0.25, -0.2) is 4.79 Å². The van der Waals surface area contributed by atoms with Crippen LogP contribution in [-0.2, 0) is 23.2 Å². The van der Waals surface area contributed by atoms with E-state index in [1.807, 2.05) is 16.7 Å². The first kappa shape index (κ1) is 24.6. The Morgan fingerprint density at radius 3 is 2.28 bits per heavy atom. The lowest BCUT2D eigenvalue weighted by Gasteiger charge is -2.42. The normalized spacial score (nSPS) is 24.7. The molecule has 0 spiro atoms. The number of methoxy groups -OCH3 is 1. The van der Waals surface area contributed by atoms with Crippen molar-refractivity contribution in [3.05, 3.63) is 39.0 Å². The van der Waals surface area contributed by atoms with Gasteiger partial charge in [-0.1, -0.05) is 0 Å². The van der Waals surface area contributed by atoms with Crippen LogP contribution in [0.4, 0.5) is 0 Å². The van der Waals surface area contributed by atoms with Crippen molar-refractivity contribution in [3.63, 3.8) is 0 Å². The second kappa shape index (κ2) is 9.75. The summed E-state index contributed by atoms with van der Waals surface area (Å²) in [6.07, 6.45) is 5.12. The molecule has 1 aliphatic heterocycles. The number of carbonyl (C=O) groups is 2. The molecular formula is C27H36N4O5. The molecule has 194 valence electrons. The molecule has 36 heavy (non-hydrogen) atoms. The van der Waals surface area contributed by atoms with Crippen LogP contribution in [0.5, 0.6) is 5.75 Å². The van der Waals surface area contributed by atoms with E-state index in [1.165, 1.54) is 9.13 Å². The summed E-state index contributed by atoms with van der Waals surface area (Å²) in [5.74, 6) is 1.37. The van der Waals surface area contributed by atoms with Crippen LogP contribution in [0.25, 0.3) is 10.9 Å². The van der Waals surface area contributed by atoms with Crippen LogP contribution in [-0.4, -0.2) is 63.5 Å². The number of hydrogen-bond donors (Lipinski definition) is 0. The van der Waals surface area contributed by atoms with E-state index in [2.05, 4.69) is 0 Å². The van der Waals surface area contributed by atoms with Gasteiger partial charge in [0.1, 0.15) is 5.75 Å². The van der Waals surface area contributed by atoms with Crippen LogP contribution in [0.15, 0.2) is 27.8 Å². The van der Waals surface area contributed by atoms with Gasteiger partial charge < -0.3 is 14.5 Å². The molecule has 2 amide bonds. The smallest absolute Gasteiger partial charge is 0.331 e. The SMILES string of the molecule is COc1ccc2c(c1)c(=O)n(CC1CCC(C(=O)N3CCN(C(=O)C4CC4)C[C@H]3C)CC1)c(=O)n2C. The van der Waals surface area contributed by atoms with Gasteiger partial charge in [-0.3, -0.25) is 23.5 Å². The number of fused-ring (bicyclic) bond motifs is 1. The van der Waals surface area contributed by atoms with E-state index in [1.54, 1.807) is 32.4 Å². The summed E-state index contributed by atoms with van der Waals surface area (Å²) in [4.78, 5) is 55.8. The summed E-state index contributed by atoms with van der Waals surface area (Å²) in [6, 6.07) is 5.20. The Hall–Kier alpha value is -3.10. The van der Waals surface area contributed by atoms with E-state index in [9.17, 15) is 19.2 Å². The first-order valence-electron chi connectivity index (χ1n) is 13.1. The molecule has 2 aliphatic carbocycles. The second-order valence-corrected chi connectivity index (χ2v) is 10.8. The fraction of sp³-hybridized carbons (Fsp3) is 0.630. The van der Waals surface area contributed by atoms with Crippen LogP contribution < -0.4 is 16.0 Å². The lowest BCUT2D eigenvalue weighted by atomic mass is 9.81. The molecule has 0 unspecified atom stereocenters. The van der Waals surface area contributed by atoms with Gasteiger partial charge in [0.15, 0.2) is 0 Å². The Balaban J connectivity index is 1.22. The molecule has 0 N–H and O–H groups in total. The van der Waals surface area contributed by atoms with Gasteiger partial charge in [0.25, 0.3) is 5.56 Å². The minimum atomic E-state index is -0.316. The first-order chi connectivity index (χ1) is 17.3. The van der Waals surface area contributed by atoms with E-state index in [0.29, 0.717) is 42.8 Å². The second-order valence-electron chi connectivity index (χ2n) is 10.8. The number of benzene rings is 1. The summed E-state index contributed by atoms with van der Waals surface area (Å²) < 4.78 is 8.12. The molecule has 2 aromatic rings. The molecular weight excluding hydrogens is 460 g/mol. The Labute approximate surface area is 210 Å². The standard InChI is InChI=1S/C27H36N4O5/c1-17-15-29(24(32)19-8-9-19)12-13-30(17)25(33)20-6-4-18(5-7-20)16-31-26(34)22-14-21(36-3)10-11-23(22)28(2)27(31)35/h10-11,14,17-20H,4-9,12-13,15-16H2,1-3H3/t17-,18?,20?/m1/s1. The molecule has 1 atom stereocenters. The van der Waals surface area contributed by atoms with E-state index in [0.717, 1.165) is 38.5 Å². The number of carbonyl (C=O) groups excluding carboxylic acids is 2. The van der Waals surface area contributed by atoms with Gasteiger partial charge in [0.2, 0.25) is 11.8 Å². The summed E-state index contributed by atoms with van der Waals surface area (Å²) in [5.41, 5.74) is -0.0228. The fourth-order valence-electron chi connectivity index (χ4n) is 5.94. The predicted octanol–water partition coefficient (Wildman–Crippen LogP) is 1.98. The zero-order valence-electron chi connectivity index (χ0n) is 21.4. The molecule has 2 saturated carbocycles. The molecule has 1 aromatic carbocycles. The zero-order chi connectivity index (χ0) is 25.6. The van der Waals surface area contributed by atoms with Gasteiger partial charge in [-0.05, 0) is 69.6 Å². The van der Waals surface area contributed by atoms with Crippen LogP contribution >= 0.6 is 0 Å². The van der Waals surface area contributed by atoms with Gasteiger partial charge in [0.05, 0.1) is 18.0 Å². The molecule has 5 rings (SSSR count). The molecule has 2 heterocycles. The van der Waals surface area contributed by atoms with E-state index in [-0.39, 0.29) is 46.9 Å². The molecule has 9 heteroatoms. The van der Waals surface area contributed by atoms with Crippen LogP contribution in [0.2, 0.25) is 0 Å². The quantitative estimate of drug-likeness (QED) is 0.631. The minimum absolute atomic E-state index is 0.0304. The number of ether oxygens (including phenoxy) is 1. The third-order valence-corrected chi connectivity index (χ3v) is 8.34. The van der Waals surface area contributed by atoms with Crippen molar-refractivity contribution in [2.75, 3.05) is 26.7 Å². The minimum Gasteiger partial charge on any atom is -0.497 e. The monoisotopic (exact) mass is 496 g/mol. The van der Waals surface area contributed by atoms with Crippen molar-refractivity contribution < 1.29 is 14.3 Å². The zero-order valence-corrected chi connectivity index (χ0v) is 21.4. The van der Waals surface area contributed by atoms with E-state index >= 15 is 0 Å². The van der Waals surface area contributed by atoms with Gasteiger partial charge in [0, 0.05) is 51.1 Å². The molecule has 1 aromatic heterocycles. The fourth-order valence-corrected chi connectivity index (χ4v) is 5.94. The molecule has 3 fully saturated rings. The van der Waals surface area contributed by atoms with Gasteiger partial charge in [-0.2, -0.15) is 0 Å². The van der Waals surface area contributed by atoms with Crippen LogP contribution in [0, 0.1) is 17.8 Å². The number of nitrogens with zero attached hydrogens (tertiary/aromatic N) is 4. The number of rotatable bonds is 5. The summed E-state index contributed by atoms with van der Waals surface area (Å²) in [6.45, 7) is 4.24. The number of aromatic nitrogens is 2. The van der Waals surface area contributed by atoms with E-state index in [4.69, 9.17) is 4.74 Å². The Morgan fingerprint density at radius 2 is 1.64 bits per heavy atom. The van der Waals surface area contributed by atoms with Crippen molar-refractivity contribution in [2.45, 2.75) is 58.0 Å². The highest BCUT2D eigenvalue weighted by molar-refractivity contribution is 5.82. The summed E-state index contributed by atoms with van der Waals surface area (Å²) >= 11 is 0. The van der Waals surface area contributed by atoms with Gasteiger partial charge >= 0.3 is 5.69 Å². The van der Waals surface area contributed by atoms with E-state index < -0.39 is 0 Å². The maximum absolute atomic E-state index is 13.3. The number of piperazine rings is 1. The maximum Gasteiger partial charge on any atom is 0.331 e. The lowest BCUT2D eigenvalue weighted by Crippen LogP contribution is -2.57. The molecule has 3 aliphatic rings. The largest absolute Gasteiger partial charge is 0.497 e. The average molecular weight is 497 g/mol. The van der Waals surface area contributed by atoms with Crippen molar-refractivity contribution in [2.24, 2.45) is 24.8 Å². The molecule has 0 radical (unpaired) electrons. The molecule has 0 bridgehead atoms. The van der Waals surface area contributed by atoms with Crippen LogP contribution in [0.1, 0.15) is 45.4 Å². The maximum atomic E-state index is 13.3. The van der Waals surface area contributed by atoms with Crippen molar-refractivity contribution >= 4 is 22.7 Å². The van der Waals surface area contributed by atoms with Crippen molar-refractivity contribution in [1.82, 2.24) is 18.9 Å². The Morgan fingerprint density at radius 1 is 0.972 bits per heavy atom. The average Bonchev–Trinajstić information content (AvgIpc) is 3.74. The van der Waals surface area contributed by atoms with Gasteiger partial charge in [-0.15, -0.1) is 0 Å². The van der Waals surface area contributed by atoms with Crippen LogP contribution in [0.3, 0.4) is 0 Å². The highest BCUT2D eigenvalue weighted by Gasteiger charge is 2.39. The number of aryl methyl sites for hydroxylation is 1. The third kappa shape index (κ3) is 4.55.